The summed E-state index contributed by atoms with van der Waals surface area (Å²) in [5.74, 6) is 0.971. The molecule has 0 spiro atoms. The highest BCUT2D eigenvalue weighted by molar-refractivity contribution is 7.09. The van der Waals surface area contributed by atoms with Crippen LogP contribution in [0.25, 0.3) is 0 Å². The van der Waals surface area contributed by atoms with Gasteiger partial charge >= 0.3 is 0 Å². The first-order valence-electron chi connectivity index (χ1n) is 11.5. The van der Waals surface area contributed by atoms with Crippen LogP contribution in [-0.4, -0.2) is 60.0 Å². The molecule has 1 saturated carbocycles. The maximum absolute atomic E-state index is 12.9. The minimum Gasteiger partial charge on any atom is -0.342 e. The predicted molar refractivity (Wildman–Crippen MR) is 123 cm³/mol. The molecule has 162 valence electrons. The molecule has 1 atom stereocenters. The Morgan fingerprint density at radius 3 is 2.57 bits per heavy atom. The van der Waals surface area contributed by atoms with Crippen molar-refractivity contribution in [3.63, 3.8) is 0 Å². The zero-order chi connectivity index (χ0) is 20.6. The Balaban J connectivity index is 1.29. The topological polar surface area (TPSA) is 48.5 Å². The van der Waals surface area contributed by atoms with Gasteiger partial charge in [-0.2, -0.15) is 0 Å². The van der Waals surface area contributed by atoms with Crippen LogP contribution in [0.3, 0.4) is 0 Å². The molecule has 4 rings (SSSR count). The number of carbonyl (C=O) groups is 1. The summed E-state index contributed by atoms with van der Waals surface area (Å²) in [4.78, 5) is 22.3. The van der Waals surface area contributed by atoms with Crippen LogP contribution in [0, 0.1) is 5.92 Å². The largest absolute Gasteiger partial charge is 0.342 e. The fraction of sp³-hybridized carbons (Fsp3) is 0.583. The van der Waals surface area contributed by atoms with Crippen molar-refractivity contribution in [1.82, 2.24) is 20.1 Å². The Bertz CT molecular complexity index is 761. The van der Waals surface area contributed by atoms with Crippen molar-refractivity contribution in [2.75, 3.05) is 39.3 Å². The second-order valence-corrected chi connectivity index (χ2v) is 9.64. The number of aromatic nitrogens is 1. The zero-order valence-corrected chi connectivity index (χ0v) is 18.7. The van der Waals surface area contributed by atoms with E-state index >= 15 is 0 Å². The van der Waals surface area contributed by atoms with Gasteiger partial charge in [0.1, 0.15) is 11.0 Å². The predicted octanol–water partition coefficient (Wildman–Crippen LogP) is 3.94. The molecule has 1 N–H and O–H groups in total. The lowest BCUT2D eigenvalue weighted by atomic mass is 9.89. The van der Waals surface area contributed by atoms with E-state index in [-0.39, 0.29) is 11.9 Å². The molecule has 1 aliphatic heterocycles. The Hall–Kier alpha value is -1.76. The third-order valence-corrected chi connectivity index (χ3v) is 7.27. The average molecular weight is 427 g/mol. The normalized spacial score (nSPS) is 20.5. The van der Waals surface area contributed by atoms with Crippen LogP contribution in [0.5, 0.6) is 0 Å². The second kappa shape index (κ2) is 11.0. The maximum Gasteiger partial charge on any atom is 0.235 e. The van der Waals surface area contributed by atoms with Crippen LogP contribution in [-0.2, 0) is 4.79 Å². The number of amides is 1. The Kier molecular flexibility index (Phi) is 7.89. The summed E-state index contributed by atoms with van der Waals surface area (Å²) in [6, 6.07) is 9.97. The van der Waals surface area contributed by atoms with Crippen molar-refractivity contribution in [3.05, 3.63) is 52.5 Å². The standard InChI is InChI=1S/C24H34N4OS/c29-22(26-23(24-25-12-17-30-24)21-10-5-2-6-11-21)19-28-14-7-13-27(15-16-28)18-20-8-3-1-4-9-20/h2,5-6,10-12,17,20,23H,1,3-4,7-9,13-16,18-19H2,(H,26,29). The number of hydrogen-bond donors (Lipinski definition) is 1. The molecular formula is C24H34N4OS. The fourth-order valence-corrected chi connectivity index (χ4v) is 5.53. The van der Waals surface area contributed by atoms with Gasteiger partial charge in [-0.1, -0.05) is 49.6 Å². The summed E-state index contributed by atoms with van der Waals surface area (Å²) < 4.78 is 0. The van der Waals surface area contributed by atoms with Gasteiger partial charge in [-0.15, -0.1) is 11.3 Å². The van der Waals surface area contributed by atoms with Crippen molar-refractivity contribution in [2.24, 2.45) is 5.92 Å². The summed E-state index contributed by atoms with van der Waals surface area (Å²) in [5.41, 5.74) is 1.08. The van der Waals surface area contributed by atoms with E-state index in [9.17, 15) is 4.79 Å². The van der Waals surface area contributed by atoms with Gasteiger partial charge in [0.2, 0.25) is 5.91 Å². The Morgan fingerprint density at radius 1 is 1.03 bits per heavy atom. The lowest BCUT2D eigenvalue weighted by molar-refractivity contribution is -0.122. The fourth-order valence-electron chi connectivity index (χ4n) is 4.82. The van der Waals surface area contributed by atoms with Gasteiger partial charge in [-0.25, -0.2) is 4.98 Å². The highest BCUT2D eigenvalue weighted by atomic mass is 32.1. The van der Waals surface area contributed by atoms with Crippen LogP contribution in [0.2, 0.25) is 0 Å². The monoisotopic (exact) mass is 426 g/mol. The van der Waals surface area contributed by atoms with E-state index < -0.39 is 0 Å². The van der Waals surface area contributed by atoms with E-state index in [1.165, 1.54) is 45.2 Å². The summed E-state index contributed by atoms with van der Waals surface area (Å²) in [6.07, 6.45) is 10.00. The maximum atomic E-state index is 12.9. The van der Waals surface area contributed by atoms with E-state index in [0.717, 1.165) is 42.5 Å². The van der Waals surface area contributed by atoms with E-state index in [1.54, 1.807) is 17.5 Å². The number of rotatable bonds is 7. The van der Waals surface area contributed by atoms with Gasteiger partial charge in [0.25, 0.3) is 0 Å². The van der Waals surface area contributed by atoms with Crippen LogP contribution in [0.1, 0.15) is 55.1 Å². The van der Waals surface area contributed by atoms with Crippen molar-refractivity contribution in [2.45, 2.75) is 44.6 Å². The van der Waals surface area contributed by atoms with Gasteiger partial charge in [0, 0.05) is 31.2 Å². The molecule has 5 nitrogen and oxygen atoms in total. The van der Waals surface area contributed by atoms with Gasteiger partial charge in [0.15, 0.2) is 0 Å². The molecule has 2 heterocycles. The lowest BCUT2D eigenvalue weighted by Crippen LogP contribution is -2.41. The van der Waals surface area contributed by atoms with Crippen LogP contribution in [0.4, 0.5) is 0 Å². The van der Waals surface area contributed by atoms with E-state index in [4.69, 9.17) is 0 Å². The van der Waals surface area contributed by atoms with Gasteiger partial charge in [0.05, 0.1) is 6.54 Å². The highest BCUT2D eigenvalue weighted by Gasteiger charge is 2.23. The second-order valence-electron chi connectivity index (χ2n) is 8.72. The minimum absolute atomic E-state index is 0.0831. The minimum atomic E-state index is -0.173. The number of benzene rings is 1. The Labute approximate surface area is 184 Å². The van der Waals surface area contributed by atoms with Crippen molar-refractivity contribution in [3.8, 4) is 0 Å². The van der Waals surface area contributed by atoms with Crippen LogP contribution < -0.4 is 5.32 Å². The molecule has 2 aliphatic rings. The summed E-state index contributed by atoms with van der Waals surface area (Å²) >= 11 is 1.59. The SMILES string of the molecule is O=C(CN1CCCN(CC2CCCCC2)CC1)NC(c1ccccc1)c1nccs1. The molecule has 0 bridgehead atoms. The van der Waals surface area contributed by atoms with Crippen LogP contribution >= 0.6 is 11.3 Å². The van der Waals surface area contributed by atoms with Crippen molar-refractivity contribution < 1.29 is 4.79 Å². The number of thiazole rings is 1. The lowest BCUT2D eigenvalue weighted by Gasteiger charge is -2.29. The van der Waals surface area contributed by atoms with Crippen LogP contribution in [0.15, 0.2) is 41.9 Å². The molecule has 1 aliphatic carbocycles. The molecule has 2 aromatic rings. The highest BCUT2D eigenvalue weighted by Crippen LogP contribution is 2.25. The first kappa shape index (κ1) is 21.5. The molecule has 1 unspecified atom stereocenters. The first-order valence-corrected chi connectivity index (χ1v) is 12.3. The number of hydrogen-bond acceptors (Lipinski definition) is 5. The third kappa shape index (κ3) is 6.13. The molecule has 1 aromatic heterocycles. The smallest absolute Gasteiger partial charge is 0.235 e. The van der Waals surface area contributed by atoms with E-state index in [1.807, 2.05) is 23.6 Å². The number of carbonyl (C=O) groups excluding carboxylic acids is 1. The molecule has 6 heteroatoms. The number of nitrogens with zero attached hydrogens (tertiary/aromatic N) is 3. The van der Waals surface area contributed by atoms with Gasteiger partial charge < -0.3 is 10.2 Å². The first-order chi connectivity index (χ1) is 14.8. The molecule has 1 saturated heterocycles. The number of nitrogens with one attached hydrogen (secondary N) is 1. The molecule has 1 aromatic carbocycles. The summed E-state index contributed by atoms with van der Waals surface area (Å²) in [5, 5.41) is 6.13. The molecular weight excluding hydrogens is 392 g/mol. The van der Waals surface area contributed by atoms with E-state index in [0.29, 0.717) is 6.54 Å². The van der Waals surface area contributed by atoms with Gasteiger partial charge in [-0.3, -0.25) is 9.69 Å². The molecule has 0 radical (unpaired) electrons. The van der Waals surface area contributed by atoms with Crippen molar-refractivity contribution >= 4 is 17.2 Å². The summed E-state index contributed by atoms with van der Waals surface area (Å²) in [7, 11) is 0. The van der Waals surface area contributed by atoms with E-state index in [2.05, 4.69) is 32.2 Å². The molecule has 30 heavy (non-hydrogen) atoms. The summed E-state index contributed by atoms with van der Waals surface area (Å²) in [6.45, 7) is 5.94. The van der Waals surface area contributed by atoms with Gasteiger partial charge in [-0.05, 0) is 43.8 Å². The third-order valence-electron chi connectivity index (χ3n) is 6.43. The Morgan fingerprint density at radius 2 is 1.80 bits per heavy atom. The van der Waals surface area contributed by atoms with Crippen molar-refractivity contribution in [1.29, 1.82) is 0 Å². The molecule has 1 amide bonds. The molecule has 2 fully saturated rings. The average Bonchev–Trinajstić information content (AvgIpc) is 3.22. The quantitative estimate of drug-likeness (QED) is 0.729. The zero-order valence-electron chi connectivity index (χ0n) is 17.8.